The molecule has 108 valence electrons. The van der Waals surface area contributed by atoms with Crippen molar-refractivity contribution >= 4 is 15.8 Å². The van der Waals surface area contributed by atoms with E-state index in [4.69, 9.17) is 4.74 Å². The second kappa shape index (κ2) is 5.92. The van der Waals surface area contributed by atoms with Gasteiger partial charge < -0.3 is 14.6 Å². The van der Waals surface area contributed by atoms with E-state index in [9.17, 15) is 8.42 Å². The molecule has 0 amide bonds. The van der Waals surface area contributed by atoms with Gasteiger partial charge in [-0.2, -0.15) is 0 Å². The fraction of sp³-hybridized carbons (Fsp3) is 0.750. The number of anilines is 1. The molecule has 1 saturated heterocycles. The molecule has 1 aromatic heterocycles. The Balaban J connectivity index is 2.05. The third-order valence-electron chi connectivity index (χ3n) is 3.35. The number of hydrogen-bond donors (Lipinski definition) is 1. The summed E-state index contributed by atoms with van der Waals surface area (Å²) in [6.07, 6.45) is 5.17. The van der Waals surface area contributed by atoms with Gasteiger partial charge in [0.2, 0.25) is 5.95 Å². The van der Waals surface area contributed by atoms with Gasteiger partial charge in [0.05, 0.1) is 24.2 Å². The van der Waals surface area contributed by atoms with E-state index < -0.39 is 9.84 Å². The maximum atomic E-state index is 11.6. The van der Waals surface area contributed by atoms with Crippen molar-refractivity contribution in [3.8, 4) is 0 Å². The highest BCUT2D eigenvalue weighted by atomic mass is 32.2. The van der Waals surface area contributed by atoms with Gasteiger partial charge in [0.1, 0.15) is 0 Å². The van der Waals surface area contributed by atoms with Crippen LogP contribution in [0.5, 0.6) is 0 Å². The number of methoxy groups -OCH3 is 1. The van der Waals surface area contributed by atoms with Crippen LogP contribution in [0.3, 0.4) is 0 Å². The van der Waals surface area contributed by atoms with Gasteiger partial charge in [0, 0.05) is 25.5 Å². The lowest BCUT2D eigenvalue weighted by Crippen LogP contribution is -2.35. The van der Waals surface area contributed by atoms with Crippen molar-refractivity contribution < 1.29 is 13.2 Å². The molecule has 19 heavy (non-hydrogen) atoms. The van der Waals surface area contributed by atoms with E-state index in [1.165, 1.54) is 0 Å². The highest BCUT2D eigenvalue weighted by molar-refractivity contribution is 7.91. The predicted octanol–water partition coefficient (Wildman–Crippen LogP) is 1.08. The maximum absolute atomic E-state index is 11.6. The van der Waals surface area contributed by atoms with Crippen molar-refractivity contribution in [1.29, 1.82) is 0 Å². The SMILES string of the molecule is COCC(C)n1ccnc1NC1CCCS(=O)(=O)C1. The van der Waals surface area contributed by atoms with Gasteiger partial charge in [-0.3, -0.25) is 0 Å². The Kier molecular flexibility index (Phi) is 4.46. The van der Waals surface area contributed by atoms with E-state index in [-0.39, 0.29) is 17.8 Å². The summed E-state index contributed by atoms with van der Waals surface area (Å²) in [5.74, 6) is 1.21. The van der Waals surface area contributed by atoms with Crippen molar-refractivity contribution in [2.75, 3.05) is 30.5 Å². The summed E-state index contributed by atoms with van der Waals surface area (Å²) in [6.45, 7) is 2.63. The Hall–Kier alpha value is -1.08. The first-order chi connectivity index (χ1) is 9.02. The minimum Gasteiger partial charge on any atom is -0.383 e. The second-order valence-electron chi connectivity index (χ2n) is 5.06. The summed E-state index contributed by atoms with van der Waals surface area (Å²) >= 11 is 0. The molecule has 2 rings (SSSR count). The monoisotopic (exact) mass is 287 g/mol. The molecule has 0 spiro atoms. The molecular weight excluding hydrogens is 266 g/mol. The van der Waals surface area contributed by atoms with Crippen molar-refractivity contribution in [3.63, 3.8) is 0 Å². The molecule has 1 N–H and O–H groups in total. The van der Waals surface area contributed by atoms with Gasteiger partial charge >= 0.3 is 0 Å². The van der Waals surface area contributed by atoms with Gasteiger partial charge in [0.25, 0.3) is 0 Å². The first kappa shape index (κ1) is 14.3. The van der Waals surface area contributed by atoms with Crippen LogP contribution >= 0.6 is 0 Å². The zero-order chi connectivity index (χ0) is 13.9. The summed E-state index contributed by atoms with van der Waals surface area (Å²) in [6, 6.07) is 0.116. The van der Waals surface area contributed by atoms with E-state index >= 15 is 0 Å². The number of ether oxygens (including phenoxy) is 1. The molecule has 1 fully saturated rings. The molecule has 6 nitrogen and oxygen atoms in total. The van der Waals surface area contributed by atoms with E-state index in [0.29, 0.717) is 24.7 Å². The van der Waals surface area contributed by atoms with Crippen LogP contribution in [0.25, 0.3) is 0 Å². The molecule has 0 saturated carbocycles. The first-order valence-corrected chi connectivity index (χ1v) is 8.32. The average Bonchev–Trinajstić information content (AvgIpc) is 2.76. The summed E-state index contributed by atoms with van der Waals surface area (Å²) in [4.78, 5) is 4.26. The molecular formula is C12H21N3O3S. The highest BCUT2D eigenvalue weighted by Crippen LogP contribution is 2.19. The summed E-state index contributed by atoms with van der Waals surface area (Å²) < 4.78 is 30.4. The molecule has 1 aliphatic rings. The van der Waals surface area contributed by atoms with Crippen LogP contribution in [-0.4, -0.2) is 49.2 Å². The van der Waals surface area contributed by atoms with Crippen LogP contribution in [0.1, 0.15) is 25.8 Å². The lowest BCUT2D eigenvalue weighted by molar-refractivity contribution is 0.163. The molecule has 2 heterocycles. The fourth-order valence-electron chi connectivity index (χ4n) is 2.42. The quantitative estimate of drug-likeness (QED) is 0.877. The van der Waals surface area contributed by atoms with Crippen molar-refractivity contribution in [1.82, 2.24) is 9.55 Å². The molecule has 2 unspecified atom stereocenters. The predicted molar refractivity (Wildman–Crippen MR) is 74.1 cm³/mol. The van der Waals surface area contributed by atoms with Gasteiger partial charge in [0.15, 0.2) is 9.84 Å². The third-order valence-corrected chi connectivity index (χ3v) is 5.17. The van der Waals surface area contributed by atoms with Gasteiger partial charge in [-0.25, -0.2) is 13.4 Å². The lowest BCUT2D eigenvalue weighted by Gasteiger charge is -2.25. The Morgan fingerprint density at radius 3 is 3.11 bits per heavy atom. The number of aromatic nitrogens is 2. The molecule has 1 aliphatic heterocycles. The Labute approximate surface area is 114 Å². The minimum absolute atomic E-state index is 0.0466. The van der Waals surface area contributed by atoms with E-state index in [1.54, 1.807) is 13.3 Å². The number of hydrogen-bond acceptors (Lipinski definition) is 5. The van der Waals surface area contributed by atoms with Crippen LogP contribution in [0.15, 0.2) is 12.4 Å². The normalized spacial score (nSPS) is 24.0. The van der Waals surface area contributed by atoms with Gasteiger partial charge in [-0.15, -0.1) is 0 Å². The molecule has 2 atom stereocenters. The second-order valence-corrected chi connectivity index (χ2v) is 7.29. The smallest absolute Gasteiger partial charge is 0.203 e. The number of sulfone groups is 1. The largest absolute Gasteiger partial charge is 0.383 e. The fourth-order valence-corrected chi connectivity index (χ4v) is 4.06. The van der Waals surface area contributed by atoms with Crippen LogP contribution in [0.4, 0.5) is 5.95 Å². The lowest BCUT2D eigenvalue weighted by atomic mass is 10.2. The van der Waals surface area contributed by atoms with E-state index in [1.807, 2.05) is 17.7 Å². The van der Waals surface area contributed by atoms with Crippen LogP contribution in [0, 0.1) is 0 Å². The Morgan fingerprint density at radius 2 is 2.42 bits per heavy atom. The first-order valence-electron chi connectivity index (χ1n) is 6.50. The van der Waals surface area contributed by atoms with E-state index in [2.05, 4.69) is 10.3 Å². The molecule has 0 aliphatic carbocycles. The number of nitrogens with zero attached hydrogens (tertiary/aromatic N) is 2. The summed E-state index contributed by atoms with van der Waals surface area (Å²) in [5.41, 5.74) is 0. The molecule has 1 aromatic rings. The van der Waals surface area contributed by atoms with Crippen molar-refractivity contribution in [3.05, 3.63) is 12.4 Å². The van der Waals surface area contributed by atoms with Gasteiger partial charge in [-0.1, -0.05) is 0 Å². The summed E-state index contributed by atoms with van der Waals surface area (Å²) in [7, 11) is -1.24. The number of imidazole rings is 1. The molecule has 0 aromatic carbocycles. The zero-order valence-corrected chi connectivity index (χ0v) is 12.2. The Morgan fingerprint density at radius 1 is 1.63 bits per heavy atom. The topological polar surface area (TPSA) is 73.2 Å². The van der Waals surface area contributed by atoms with Crippen molar-refractivity contribution in [2.24, 2.45) is 0 Å². The maximum Gasteiger partial charge on any atom is 0.203 e. The van der Waals surface area contributed by atoms with Gasteiger partial charge in [-0.05, 0) is 19.8 Å². The van der Waals surface area contributed by atoms with E-state index in [0.717, 1.165) is 6.42 Å². The standard InChI is InChI=1S/C12H21N3O3S/c1-10(8-18-2)15-6-5-13-12(15)14-11-4-3-7-19(16,17)9-11/h5-6,10-11H,3-4,7-9H2,1-2H3,(H,13,14). The minimum atomic E-state index is -2.90. The highest BCUT2D eigenvalue weighted by Gasteiger charge is 2.25. The number of nitrogens with one attached hydrogen (secondary N) is 1. The van der Waals surface area contributed by atoms with Crippen LogP contribution in [-0.2, 0) is 14.6 Å². The zero-order valence-electron chi connectivity index (χ0n) is 11.4. The average molecular weight is 287 g/mol. The Bertz CT molecular complexity index is 512. The summed E-state index contributed by atoms with van der Waals surface area (Å²) in [5, 5.41) is 3.24. The third kappa shape index (κ3) is 3.70. The van der Waals surface area contributed by atoms with Crippen LogP contribution < -0.4 is 5.32 Å². The van der Waals surface area contributed by atoms with Crippen molar-refractivity contribution in [2.45, 2.75) is 31.8 Å². The molecule has 7 heteroatoms. The number of rotatable bonds is 5. The van der Waals surface area contributed by atoms with Crippen LogP contribution in [0.2, 0.25) is 0 Å². The molecule has 0 bridgehead atoms. The molecule has 0 radical (unpaired) electrons.